The fourth-order valence-corrected chi connectivity index (χ4v) is 3.70. The Balaban J connectivity index is 1.44. The molecule has 1 aromatic carbocycles. The van der Waals surface area contributed by atoms with Gasteiger partial charge < -0.3 is 23.4 Å². The first kappa shape index (κ1) is 17.7. The number of hydrogen-bond acceptors (Lipinski definition) is 7. The lowest BCUT2D eigenvalue weighted by atomic mass is 10.3. The largest absolute Gasteiger partial charge is 0.486 e. The Bertz CT molecular complexity index is 1020. The SMILES string of the molecule is O=S(=O)(NCC(O)c1ccc(-c2ccco2)o1)c1ccc2c(c1)OCCO2. The van der Waals surface area contributed by atoms with Crippen LogP contribution in [0, 0.1) is 0 Å². The summed E-state index contributed by atoms with van der Waals surface area (Å²) in [5, 5.41) is 10.2. The molecule has 142 valence electrons. The molecule has 1 aliphatic heterocycles. The number of aliphatic hydroxyl groups excluding tert-OH is 1. The van der Waals surface area contributed by atoms with Gasteiger partial charge in [0.2, 0.25) is 10.0 Å². The maximum absolute atomic E-state index is 12.5. The van der Waals surface area contributed by atoms with Crippen LogP contribution in [0.15, 0.2) is 62.5 Å². The van der Waals surface area contributed by atoms with Gasteiger partial charge in [-0.1, -0.05) is 0 Å². The van der Waals surface area contributed by atoms with Crippen molar-refractivity contribution in [2.45, 2.75) is 11.0 Å². The van der Waals surface area contributed by atoms with Gasteiger partial charge in [0.05, 0.1) is 11.2 Å². The van der Waals surface area contributed by atoms with Gasteiger partial charge in [0.25, 0.3) is 0 Å². The van der Waals surface area contributed by atoms with E-state index in [1.54, 1.807) is 30.3 Å². The van der Waals surface area contributed by atoms with E-state index in [4.69, 9.17) is 18.3 Å². The fraction of sp³-hybridized carbons (Fsp3) is 0.222. The van der Waals surface area contributed by atoms with E-state index in [9.17, 15) is 13.5 Å². The van der Waals surface area contributed by atoms with Gasteiger partial charge in [0.1, 0.15) is 25.1 Å². The summed E-state index contributed by atoms with van der Waals surface area (Å²) in [7, 11) is -3.84. The van der Waals surface area contributed by atoms with Crippen LogP contribution < -0.4 is 14.2 Å². The fourth-order valence-electron chi connectivity index (χ4n) is 2.65. The molecule has 0 saturated carbocycles. The molecule has 0 bridgehead atoms. The summed E-state index contributed by atoms with van der Waals surface area (Å²) in [4.78, 5) is 0.0228. The zero-order valence-corrected chi connectivity index (χ0v) is 14.9. The Morgan fingerprint density at radius 1 is 1.04 bits per heavy atom. The molecular weight excluding hydrogens is 374 g/mol. The number of aliphatic hydroxyl groups is 1. The van der Waals surface area contributed by atoms with Gasteiger partial charge in [0.15, 0.2) is 23.0 Å². The number of benzene rings is 1. The van der Waals surface area contributed by atoms with Crippen molar-refractivity contribution in [1.82, 2.24) is 4.72 Å². The summed E-state index contributed by atoms with van der Waals surface area (Å²) in [5.41, 5.74) is 0. The van der Waals surface area contributed by atoms with Gasteiger partial charge in [-0.15, -0.1) is 0 Å². The first-order chi connectivity index (χ1) is 13.0. The van der Waals surface area contributed by atoms with E-state index in [0.29, 0.717) is 36.2 Å². The van der Waals surface area contributed by atoms with Crippen LogP contribution in [0.2, 0.25) is 0 Å². The molecule has 0 amide bonds. The number of ether oxygens (including phenoxy) is 2. The van der Waals surface area contributed by atoms with Gasteiger partial charge in [-0.05, 0) is 36.4 Å². The van der Waals surface area contributed by atoms with Gasteiger partial charge >= 0.3 is 0 Å². The number of hydrogen-bond donors (Lipinski definition) is 2. The number of nitrogens with one attached hydrogen (secondary N) is 1. The Hall–Kier alpha value is -2.75. The van der Waals surface area contributed by atoms with Gasteiger partial charge in [0, 0.05) is 12.6 Å². The van der Waals surface area contributed by atoms with Crippen molar-refractivity contribution in [2.24, 2.45) is 0 Å². The minimum Gasteiger partial charge on any atom is -0.486 e. The Morgan fingerprint density at radius 2 is 1.85 bits per heavy atom. The van der Waals surface area contributed by atoms with Crippen LogP contribution in [0.25, 0.3) is 11.5 Å². The average molecular weight is 391 g/mol. The summed E-state index contributed by atoms with van der Waals surface area (Å²) >= 11 is 0. The predicted molar refractivity (Wildman–Crippen MR) is 94.0 cm³/mol. The zero-order chi connectivity index (χ0) is 18.9. The Kier molecular flexibility index (Phi) is 4.65. The van der Waals surface area contributed by atoms with Crippen molar-refractivity contribution < 1.29 is 31.8 Å². The van der Waals surface area contributed by atoms with Crippen molar-refractivity contribution in [3.05, 3.63) is 54.5 Å². The standard InChI is InChI=1S/C18H17NO7S/c20-13(14-5-6-17(26-14)15-2-1-7-23-15)11-19-27(21,22)12-3-4-16-18(10-12)25-9-8-24-16/h1-7,10,13,19-20H,8-9,11H2. The molecule has 3 heterocycles. The second kappa shape index (κ2) is 7.10. The lowest BCUT2D eigenvalue weighted by Crippen LogP contribution is -2.28. The monoisotopic (exact) mass is 391 g/mol. The second-order valence-electron chi connectivity index (χ2n) is 5.85. The summed E-state index contributed by atoms with van der Waals surface area (Å²) in [6.45, 7) is 0.535. The summed E-state index contributed by atoms with van der Waals surface area (Å²) in [6, 6.07) is 11.0. The van der Waals surface area contributed by atoms with E-state index in [1.165, 1.54) is 18.4 Å². The van der Waals surface area contributed by atoms with Crippen LogP contribution in [0.1, 0.15) is 11.9 Å². The van der Waals surface area contributed by atoms with Crippen LogP contribution in [0.5, 0.6) is 11.5 Å². The molecule has 3 aromatic rings. The Morgan fingerprint density at radius 3 is 2.63 bits per heavy atom. The normalized spacial score (nSPS) is 14.9. The number of sulfonamides is 1. The minimum absolute atomic E-state index is 0.0228. The highest BCUT2D eigenvalue weighted by Gasteiger charge is 2.22. The molecule has 1 unspecified atom stereocenters. The van der Waals surface area contributed by atoms with Crippen LogP contribution >= 0.6 is 0 Å². The molecule has 8 nitrogen and oxygen atoms in total. The van der Waals surface area contributed by atoms with Crippen molar-refractivity contribution in [2.75, 3.05) is 19.8 Å². The number of fused-ring (bicyclic) bond motifs is 1. The minimum atomic E-state index is -3.84. The maximum atomic E-state index is 12.5. The van der Waals surface area contributed by atoms with E-state index in [0.717, 1.165) is 0 Å². The summed E-state index contributed by atoms with van der Waals surface area (Å²) < 4.78 is 48.9. The summed E-state index contributed by atoms with van der Waals surface area (Å²) in [5.74, 6) is 2.07. The number of rotatable bonds is 6. The number of furan rings is 2. The zero-order valence-electron chi connectivity index (χ0n) is 14.1. The first-order valence-electron chi connectivity index (χ1n) is 8.24. The summed E-state index contributed by atoms with van der Waals surface area (Å²) in [6.07, 6.45) is 0.357. The highest BCUT2D eigenvalue weighted by Crippen LogP contribution is 2.32. The third-order valence-electron chi connectivity index (χ3n) is 4.01. The third-order valence-corrected chi connectivity index (χ3v) is 5.43. The highest BCUT2D eigenvalue weighted by atomic mass is 32.2. The van der Waals surface area contributed by atoms with Gasteiger partial charge in [-0.3, -0.25) is 0 Å². The first-order valence-corrected chi connectivity index (χ1v) is 9.72. The lowest BCUT2D eigenvalue weighted by molar-refractivity contribution is 0.154. The molecule has 2 aromatic heterocycles. The molecule has 27 heavy (non-hydrogen) atoms. The molecular formula is C18H17NO7S. The van der Waals surface area contributed by atoms with Crippen molar-refractivity contribution in [3.63, 3.8) is 0 Å². The molecule has 0 aliphatic carbocycles. The molecule has 0 radical (unpaired) electrons. The van der Waals surface area contributed by atoms with Gasteiger partial charge in [-0.25, -0.2) is 13.1 Å². The van der Waals surface area contributed by atoms with E-state index in [1.807, 2.05) is 0 Å². The molecule has 0 spiro atoms. The predicted octanol–water partition coefficient (Wildman–Crippen LogP) is 2.32. The molecule has 1 aliphatic rings. The van der Waals surface area contributed by atoms with Crippen molar-refractivity contribution >= 4 is 10.0 Å². The third kappa shape index (κ3) is 3.70. The average Bonchev–Trinajstić information content (AvgIpc) is 3.37. The molecule has 4 rings (SSSR count). The van der Waals surface area contributed by atoms with E-state index < -0.39 is 16.1 Å². The quantitative estimate of drug-likeness (QED) is 0.663. The molecule has 9 heteroatoms. The Labute approximate surface area is 155 Å². The van der Waals surface area contributed by atoms with E-state index >= 15 is 0 Å². The van der Waals surface area contributed by atoms with Crippen LogP contribution in [0.3, 0.4) is 0 Å². The molecule has 1 atom stereocenters. The van der Waals surface area contributed by atoms with E-state index in [2.05, 4.69) is 4.72 Å². The van der Waals surface area contributed by atoms with Crippen LogP contribution in [0.4, 0.5) is 0 Å². The molecule has 0 saturated heterocycles. The van der Waals surface area contributed by atoms with Crippen molar-refractivity contribution in [3.8, 4) is 23.0 Å². The molecule has 0 fully saturated rings. The second-order valence-corrected chi connectivity index (χ2v) is 7.62. The topological polar surface area (TPSA) is 111 Å². The van der Waals surface area contributed by atoms with Crippen molar-refractivity contribution in [1.29, 1.82) is 0 Å². The van der Waals surface area contributed by atoms with Crippen LogP contribution in [-0.2, 0) is 10.0 Å². The van der Waals surface area contributed by atoms with Gasteiger partial charge in [-0.2, -0.15) is 0 Å². The highest BCUT2D eigenvalue weighted by molar-refractivity contribution is 7.89. The lowest BCUT2D eigenvalue weighted by Gasteiger charge is -2.19. The van der Waals surface area contributed by atoms with E-state index in [-0.39, 0.29) is 17.2 Å². The van der Waals surface area contributed by atoms with Crippen LogP contribution in [-0.4, -0.2) is 33.3 Å². The smallest absolute Gasteiger partial charge is 0.240 e. The maximum Gasteiger partial charge on any atom is 0.240 e. The molecule has 2 N–H and O–H groups in total.